The van der Waals surface area contributed by atoms with Crippen LogP contribution in [0.2, 0.25) is 0 Å². The predicted molar refractivity (Wildman–Crippen MR) is 107 cm³/mol. The van der Waals surface area contributed by atoms with E-state index in [2.05, 4.69) is 20.6 Å². The van der Waals surface area contributed by atoms with E-state index in [1.807, 2.05) is 16.8 Å². The van der Waals surface area contributed by atoms with Crippen molar-refractivity contribution in [3.05, 3.63) is 42.4 Å². The average molecular weight is 396 g/mol. The van der Waals surface area contributed by atoms with Crippen LogP contribution in [0.5, 0.6) is 11.5 Å². The van der Waals surface area contributed by atoms with Crippen molar-refractivity contribution < 1.29 is 14.3 Å². The Labute approximate surface area is 168 Å². The quantitative estimate of drug-likeness (QED) is 0.588. The Kier molecular flexibility index (Phi) is 5.85. The van der Waals surface area contributed by atoms with Crippen LogP contribution in [-0.4, -0.2) is 59.0 Å². The lowest BCUT2D eigenvalue weighted by molar-refractivity contribution is -0.123. The van der Waals surface area contributed by atoms with Gasteiger partial charge in [-0.3, -0.25) is 4.79 Å². The van der Waals surface area contributed by atoms with Gasteiger partial charge in [0, 0.05) is 31.4 Å². The van der Waals surface area contributed by atoms with Crippen LogP contribution in [-0.2, 0) is 11.3 Å². The average Bonchev–Trinajstić information content (AvgIpc) is 3.41. The maximum Gasteiger partial charge on any atom is 0.258 e. The molecule has 0 aliphatic carbocycles. The fraction of sp³-hybridized carbons (Fsp3) is 0.400. The van der Waals surface area contributed by atoms with Crippen LogP contribution in [0.3, 0.4) is 0 Å². The van der Waals surface area contributed by atoms with Gasteiger partial charge in [-0.1, -0.05) is 12.1 Å². The van der Waals surface area contributed by atoms with Gasteiger partial charge in [0.2, 0.25) is 0 Å². The molecule has 0 spiro atoms. The smallest absolute Gasteiger partial charge is 0.258 e. The summed E-state index contributed by atoms with van der Waals surface area (Å²) in [4.78, 5) is 21.0. The molecular formula is C20H24N6O3. The van der Waals surface area contributed by atoms with E-state index < -0.39 is 0 Å². The second-order valence-corrected chi connectivity index (χ2v) is 6.82. The minimum atomic E-state index is -0.210. The van der Waals surface area contributed by atoms with E-state index in [0.29, 0.717) is 30.5 Å². The number of carbonyl (C=O) groups excluding carboxylic acids is 1. The van der Waals surface area contributed by atoms with Gasteiger partial charge >= 0.3 is 0 Å². The van der Waals surface area contributed by atoms with Crippen LogP contribution in [0.25, 0.3) is 11.2 Å². The standard InChI is InChI=1S/C20H24N6O3/c1-28-15-4-2-3-5-16(15)29-13-17(27)22-10-11-26-20-19(23-8-9-24-20)18(25-26)14-6-7-21-12-14/h2-5,8-9,14,21H,6-7,10-13H2,1H3,(H,22,27). The van der Waals surface area contributed by atoms with Gasteiger partial charge in [0.15, 0.2) is 23.8 Å². The molecule has 2 aromatic heterocycles. The largest absolute Gasteiger partial charge is 0.493 e. The molecule has 1 atom stereocenters. The Morgan fingerprint density at radius 1 is 1.28 bits per heavy atom. The lowest BCUT2D eigenvalue weighted by atomic mass is 10.0. The lowest BCUT2D eigenvalue weighted by Crippen LogP contribution is -2.31. The minimum Gasteiger partial charge on any atom is -0.493 e. The topological polar surface area (TPSA) is 103 Å². The van der Waals surface area contributed by atoms with E-state index in [9.17, 15) is 4.79 Å². The first kappa shape index (κ1) is 19.1. The number of hydrogen-bond acceptors (Lipinski definition) is 7. The van der Waals surface area contributed by atoms with Gasteiger partial charge in [0.25, 0.3) is 5.91 Å². The van der Waals surface area contributed by atoms with Crippen LogP contribution in [0.1, 0.15) is 18.0 Å². The summed E-state index contributed by atoms with van der Waals surface area (Å²) in [6.07, 6.45) is 4.40. The summed E-state index contributed by atoms with van der Waals surface area (Å²) < 4.78 is 12.6. The molecule has 9 nitrogen and oxygen atoms in total. The second kappa shape index (κ2) is 8.87. The van der Waals surface area contributed by atoms with Crippen molar-refractivity contribution in [1.82, 2.24) is 30.4 Å². The minimum absolute atomic E-state index is 0.0843. The van der Waals surface area contributed by atoms with Crippen molar-refractivity contribution in [2.45, 2.75) is 18.9 Å². The maximum atomic E-state index is 12.1. The van der Waals surface area contributed by atoms with Crippen LogP contribution < -0.4 is 20.1 Å². The number of hydrogen-bond donors (Lipinski definition) is 2. The molecule has 1 aromatic carbocycles. The number of rotatable bonds is 8. The molecule has 4 rings (SSSR count). The lowest BCUT2D eigenvalue weighted by Gasteiger charge is -2.10. The Morgan fingerprint density at radius 2 is 2.10 bits per heavy atom. The van der Waals surface area contributed by atoms with Crippen molar-refractivity contribution in [3.63, 3.8) is 0 Å². The summed E-state index contributed by atoms with van der Waals surface area (Å²) in [6.45, 7) is 2.74. The summed E-state index contributed by atoms with van der Waals surface area (Å²) >= 11 is 0. The second-order valence-electron chi connectivity index (χ2n) is 6.82. The van der Waals surface area contributed by atoms with Gasteiger partial charge in [0.05, 0.1) is 19.3 Å². The van der Waals surface area contributed by atoms with Gasteiger partial charge in [-0.15, -0.1) is 0 Å². The molecule has 1 unspecified atom stereocenters. The number of aromatic nitrogens is 4. The van der Waals surface area contributed by atoms with E-state index >= 15 is 0 Å². The number of carbonyl (C=O) groups is 1. The summed E-state index contributed by atoms with van der Waals surface area (Å²) in [5.74, 6) is 1.27. The van der Waals surface area contributed by atoms with Gasteiger partial charge in [-0.05, 0) is 25.1 Å². The normalized spacial score (nSPS) is 16.1. The zero-order valence-electron chi connectivity index (χ0n) is 16.3. The van der Waals surface area contributed by atoms with E-state index in [-0.39, 0.29) is 12.5 Å². The van der Waals surface area contributed by atoms with Crippen molar-refractivity contribution in [2.75, 3.05) is 33.4 Å². The molecule has 1 aliphatic heterocycles. The zero-order chi connectivity index (χ0) is 20.1. The van der Waals surface area contributed by atoms with Crippen molar-refractivity contribution >= 4 is 17.1 Å². The highest BCUT2D eigenvalue weighted by Gasteiger charge is 2.24. The zero-order valence-corrected chi connectivity index (χ0v) is 16.3. The molecule has 0 saturated carbocycles. The van der Waals surface area contributed by atoms with Crippen LogP contribution >= 0.6 is 0 Å². The molecule has 1 amide bonds. The first-order chi connectivity index (χ1) is 14.3. The molecule has 1 aliphatic rings. The number of benzene rings is 1. The first-order valence-electron chi connectivity index (χ1n) is 9.67. The number of fused-ring (bicyclic) bond motifs is 1. The summed E-state index contributed by atoms with van der Waals surface area (Å²) in [5, 5.41) is 11.0. The third kappa shape index (κ3) is 4.29. The van der Waals surface area contributed by atoms with Crippen molar-refractivity contribution in [2.24, 2.45) is 0 Å². The number of amides is 1. The van der Waals surface area contributed by atoms with Crippen LogP contribution in [0.15, 0.2) is 36.7 Å². The summed E-state index contributed by atoms with van der Waals surface area (Å²) in [7, 11) is 1.56. The van der Waals surface area contributed by atoms with Crippen molar-refractivity contribution in [1.29, 1.82) is 0 Å². The molecule has 1 saturated heterocycles. The molecular weight excluding hydrogens is 372 g/mol. The van der Waals surface area contributed by atoms with E-state index in [0.717, 1.165) is 36.4 Å². The molecule has 9 heteroatoms. The molecule has 0 radical (unpaired) electrons. The maximum absolute atomic E-state index is 12.1. The van der Waals surface area contributed by atoms with Gasteiger partial charge in [0.1, 0.15) is 5.52 Å². The number of nitrogens with one attached hydrogen (secondary N) is 2. The molecule has 1 fully saturated rings. The first-order valence-corrected chi connectivity index (χ1v) is 9.67. The molecule has 3 aromatic rings. The Bertz CT molecular complexity index is 983. The Hall–Kier alpha value is -3.20. The molecule has 3 heterocycles. The molecule has 2 N–H and O–H groups in total. The van der Waals surface area contributed by atoms with E-state index in [1.54, 1.807) is 31.6 Å². The molecule has 0 bridgehead atoms. The molecule has 152 valence electrons. The van der Waals surface area contributed by atoms with Gasteiger partial charge in [-0.25, -0.2) is 14.6 Å². The van der Waals surface area contributed by atoms with E-state index in [1.165, 1.54) is 0 Å². The number of para-hydroxylation sites is 2. The SMILES string of the molecule is COc1ccccc1OCC(=O)NCCn1nc(C2CCNC2)c2nccnc21. The Morgan fingerprint density at radius 3 is 2.90 bits per heavy atom. The monoisotopic (exact) mass is 396 g/mol. The predicted octanol–water partition coefficient (Wildman–Crippen LogP) is 1.11. The van der Waals surface area contributed by atoms with Gasteiger partial charge in [-0.2, -0.15) is 5.10 Å². The van der Waals surface area contributed by atoms with Crippen LogP contribution in [0.4, 0.5) is 0 Å². The van der Waals surface area contributed by atoms with E-state index in [4.69, 9.17) is 14.6 Å². The third-order valence-corrected chi connectivity index (χ3v) is 4.92. The Balaban J connectivity index is 1.34. The van der Waals surface area contributed by atoms with Gasteiger partial charge < -0.3 is 20.1 Å². The number of nitrogens with zero attached hydrogens (tertiary/aromatic N) is 4. The highest BCUT2D eigenvalue weighted by atomic mass is 16.5. The highest BCUT2D eigenvalue weighted by Crippen LogP contribution is 2.27. The summed E-state index contributed by atoms with van der Waals surface area (Å²) in [5.41, 5.74) is 2.56. The number of methoxy groups -OCH3 is 1. The van der Waals surface area contributed by atoms with Crippen molar-refractivity contribution in [3.8, 4) is 11.5 Å². The highest BCUT2D eigenvalue weighted by molar-refractivity contribution is 5.77. The fourth-order valence-corrected chi connectivity index (χ4v) is 3.48. The van der Waals surface area contributed by atoms with Crippen LogP contribution in [0, 0.1) is 0 Å². The third-order valence-electron chi connectivity index (χ3n) is 4.92. The fourth-order valence-electron chi connectivity index (χ4n) is 3.48. The number of ether oxygens (including phenoxy) is 2. The summed E-state index contributed by atoms with van der Waals surface area (Å²) in [6, 6.07) is 7.23. The molecule has 29 heavy (non-hydrogen) atoms.